The Morgan fingerprint density at radius 1 is 1.16 bits per heavy atom. The normalized spacial score (nSPS) is 35.7. The van der Waals surface area contributed by atoms with Crippen molar-refractivity contribution in [1.82, 2.24) is 4.90 Å². The Morgan fingerprint density at radius 2 is 1.74 bits per heavy atom. The highest BCUT2D eigenvalue weighted by Gasteiger charge is 2.52. The first-order valence-corrected chi connectivity index (χ1v) is 7.55. The van der Waals surface area contributed by atoms with Crippen molar-refractivity contribution in [2.45, 2.75) is 57.8 Å². The zero-order valence-electron chi connectivity index (χ0n) is 12.9. The van der Waals surface area contributed by atoms with Crippen molar-refractivity contribution >= 4 is 0 Å². The Morgan fingerprint density at radius 3 is 2.16 bits per heavy atom. The summed E-state index contributed by atoms with van der Waals surface area (Å²) in [6.45, 7) is 12.0. The number of aliphatic hydroxyl groups excluding tert-OH is 1. The van der Waals surface area contributed by atoms with E-state index in [1.165, 1.54) is 0 Å². The monoisotopic (exact) mass is 270 g/mol. The van der Waals surface area contributed by atoms with E-state index in [9.17, 15) is 5.11 Å². The van der Waals surface area contributed by atoms with Crippen molar-refractivity contribution in [3.8, 4) is 0 Å². The minimum atomic E-state index is -0.239. The molecule has 2 heterocycles. The van der Waals surface area contributed by atoms with E-state index >= 15 is 0 Å². The molecule has 3 N–H and O–H groups in total. The quantitative estimate of drug-likeness (QED) is 0.809. The number of nitrogens with zero attached hydrogens (tertiary/aromatic N) is 1. The number of hydrogen-bond acceptors (Lipinski definition) is 4. The van der Waals surface area contributed by atoms with Crippen molar-refractivity contribution in [1.29, 1.82) is 0 Å². The lowest BCUT2D eigenvalue weighted by Gasteiger charge is -2.36. The predicted octanol–water partition coefficient (Wildman–Crippen LogP) is 1.22. The van der Waals surface area contributed by atoms with Gasteiger partial charge in [0.15, 0.2) is 0 Å². The van der Waals surface area contributed by atoms with Crippen molar-refractivity contribution in [2.75, 3.05) is 26.2 Å². The Balaban J connectivity index is 1.95. The third-order valence-electron chi connectivity index (χ3n) is 5.08. The zero-order valence-corrected chi connectivity index (χ0v) is 12.9. The molecule has 0 saturated carbocycles. The van der Waals surface area contributed by atoms with E-state index < -0.39 is 0 Å². The van der Waals surface area contributed by atoms with Gasteiger partial charge in [-0.15, -0.1) is 0 Å². The van der Waals surface area contributed by atoms with E-state index in [0.717, 1.165) is 32.5 Å². The van der Waals surface area contributed by atoms with Crippen LogP contribution in [0.5, 0.6) is 0 Å². The van der Waals surface area contributed by atoms with E-state index in [2.05, 4.69) is 32.6 Å². The third kappa shape index (κ3) is 3.13. The number of nitrogens with two attached hydrogens (primary N) is 1. The van der Waals surface area contributed by atoms with Crippen LogP contribution in [0, 0.1) is 11.8 Å². The topological polar surface area (TPSA) is 58.7 Å². The molecule has 0 aromatic rings. The molecule has 4 heteroatoms. The molecule has 2 rings (SSSR count). The van der Waals surface area contributed by atoms with E-state index in [1.807, 2.05) is 0 Å². The van der Waals surface area contributed by atoms with E-state index in [4.69, 9.17) is 10.5 Å². The molecular formula is C15H30N2O2. The number of piperidine rings is 1. The molecule has 4 nitrogen and oxygen atoms in total. The standard InChI is InChI=1S/C15H30N2O2/c1-14(2)12(13(16)15(3,4)19-14)9-17-7-5-11(10-18)6-8-17/h11-13,18H,5-10,16H2,1-4H3. The van der Waals surface area contributed by atoms with Gasteiger partial charge in [-0.1, -0.05) is 0 Å². The van der Waals surface area contributed by atoms with Crippen LogP contribution in [0.15, 0.2) is 0 Å². The molecule has 0 amide bonds. The van der Waals surface area contributed by atoms with Crippen LogP contribution in [0.25, 0.3) is 0 Å². The lowest BCUT2D eigenvalue weighted by Crippen LogP contribution is -2.49. The SMILES string of the molecule is CC1(C)OC(C)(C)C(CN2CCC(CO)CC2)C1N. The van der Waals surface area contributed by atoms with Crippen LogP contribution < -0.4 is 5.73 Å². The van der Waals surface area contributed by atoms with Crippen LogP contribution in [0.3, 0.4) is 0 Å². The molecule has 112 valence electrons. The average molecular weight is 270 g/mol. The fourth-order valence-corrected chi connectivity index (χ4v) is 3.70. The maximum atomic E-state index is 9.20. The van der Waals surface area contributed by atoms with Gasteiger partial charge >= 0.3 is 0 Å². The lowest BCUT2D eigenvalue weighted by atomic mass is 9.82. The van der Waals surface area contributed by atoms with E-state index in [1.54, 1.807) is 0 Å². The largest absolute Gasteiger partial charge is 0.396 e. The summed E-state index contributed by atoms with van der Waals surface area (Å²) in [5, 5.41) is 9.20. The van der Waals surface area contributed by atoms with Gasteiger partial charge < -0.3 is 20.5 Å². The van der Waals surface area contributed by atoms with E-state index in [0.29, 0.717) is 18.4 Å². The summed E-state index contributed by atoms with van der Waals surface area (Å²) in [7, 11) is 0. The summed E-state index contributed by atoms with van der Waals surface area (Å²) in [5.41, 5.74) is 6.02. The first kappa shape index (κ1) is 15.2. The maximum Gasteiger partial charge on any atom is 0.0788 e. The van der Waals surface area contributed by atoms with Crippen LogP contribution >= 0.6 is 0 Å². The van der Waals surface area contributed by atoms with Gasteiger partial charge in [-0.25, -0.2) is 0 Å². The summed E-state index contributed by atoms with van der Waals surface area (Å²) in [5.74, 6) is 0.863. The summed E-state index contributed by atoms with van der Waals surface area (Å²) in [6.07, 6.45) is 2.20. The molecule has 0 aliphatic carbocycles. The zero-order chi connectivity index (χ0) is 14.3. The molecule has 19 heavy (non-hydrogen) atoms. The van der Waals surface area contributed by atoms with Crippen LogP contribution in [-0.2, 0) is 4.74 Å². The summed E-state index contributed by atoms with van der Waals surface area (Å²) in [6, 6.07) is 0.0815. The van der Waals surface area contributed by atoms with E-state index in [-0.39, 0.29) is 17.2 Å². The number of likely N-dealkylation sites (tertiary alicyclic amines) is 1. The molecule has 2 fully saturated rings. The molecule has 2 unspecified atom stereocenters. The van der Waals surface area contributed by atoms with Crippen LogP contribution in [0.4, 0.5) is 0 Å². The maximum absolute atomic E-state index is 9.20. The molecule has 2 aliphatic heterocycles. The predicted molar refractivity (Wildman–Crippen MR) is 77.0 cm³/mol. The summed E-state index contributed by atoms with van der Waals surface area (Å²) < 4.78 is 6.15. The van der Waals surface area contributed by atoms with Crippen LogP contribution in [-0.4, -0.2) is 53.5 Å². The van der Waals surface area contributed by atoms with Crippen molar-refractivity contribution in [2.24, 2.45) is 17.6 Å². The molecule has 0 radical (unpaired) electrons. The average Bonchev–Trinajstić information content (AvgIpc) is 2.48. The van der Waals surface area contributed by atoms with Crippen molar-refractivity contribution < 1.29 is 9.84 Å². The number of ether oxygens (including phenoxy) is 1. The fourth-order valence-electron chi connectivity index (χ4n) is 3.70. The molecule has 0 bridgehead atoms. The number of hydrogen-bond donors (Lipinski definition) is 2. The number of aliphatic hydroxyl groups is 1. The van der Waals surface area contributed by atoms with Gasteiger partial charge in [-0.3, -0.25) is 0 Å². The Labute approximate surface area is 117 Å². The van der Waals surface area contributed by atoms with Crippen molar-refractivity contribution in [3.05, 3.63) is 0 Å². The highest BCUT2D eigenvalue weighted by molar-refractivity contribution is 5.04. The lowest BCUT2D eigenvalue weighted by molar-refractivity contribution is -0.0790. The Hall–Kier alpha value is -0.160. The third-order valence-corrected chi connectivity index (χ3v) is 5.08. The second-order valence-electron chi connectivity index (χ2n) is 7.37. The molecule has 0 aromatic heterocycles. The molecular weight excluding hydrogens is 240 g/mol. The smallest absolute Gasteiger partial charge is 0.0788 e. The van der Waals surface area contributed by atoms with Gasteiger partial charge in [-0.05, 0) is 59.5 Å². The van der Waals surface area contributed by atoms with Crippen LogP contribution in [0.1, 0.15) is 40.5 Å². The highest BCUT2D eigenvalue weighted by atomic mass is 16.5. The Kier molecular flexibility index (Phi) is 4.26. The second-order valence-corrected chi connectivity index (χ2v) is 7.37. The van der Waals surface area contributed by atoms with Gasteiger partial charge in [0.05, 0.1) is 11.2 Å². The first-order valence-electron chi connectivity index (χ1n) is 7.55. The van der Waals surface area contributed by atoms with Gasteiger partial charge in [-0.2, -0.15) is 0 Å². The van der Waals surface area contributed by atoms with Crippen LogP contribution in [0.2, 0.25) is 0 Å². The second kappa shape index (κ2) is 5.32. The Bertz CT molecular complexity index is 309. The summed E-state index contributed by atoms with van der Waals surface area (Å²) in [4.78, 5) is 2.49. The minimum Gasteiger partial charge on any atom is -0.396 e. The van der Waals surface area contributed by atoms with Gasteiger partial charge in [0.1, 0.15) is 0 Å². The molecule has 2 atom stereocenters. The molecule has 0 aromatic carbocycles. The minimum absolute atomic E-state index is 0.0815. The molecule has 0 spiro atoms. The molecule has 2 aliphatic rings. The van der Waals surface area contributed by atoms with Crippen molar-refractivity contribution in [3.63, 3.8) is 0 Å². The highest BCUT2D eigenvalue weighted by Crippen LogP contribution is 2.41. The number of rotatable bonds is 3. The summed E-state index contributed by atoms with van der Waals surface area (Å²) >= 11 is 0. The van der Waals surface area contributed by atoms with Gasteiger partial charge in [0, 0.05) is 25.1 Å². The molecule has 2 saturated heterocycles. The van der Waals surface area contributed by atoms with Gasteiger partial charge in [0.2, 0.25) is 0 Å². The van der Waals surface area contributed by atoms with Gasteiger partial charge in [0.25, 0.3) is 0 Å². The first-order chi connectivity index (χ1) is 8.76. The fraction of sp³-hybridized carbons (Fsp3) is 1.00.